The fourth-order valence-corrected chi connectivity index (χ4v) is 2.93. The van der Waals surface area contributed by atoms with Crippen molar-refractivity contribution < 1.29 is 9.53 Å². The average molecular weight is 326 g/mol. The Labute approximate surface area is 141 Å². The molecule has 2 aromatic rings. The topological polar surface area (TPSA) is 90.1 Å². The Balaban J connectivity index is 1.50. The van der Waals surface area contributed by atoms with Crippen LogP contribution in [0.5, 0.6) is 5.75 Å². The second kappa shape index (κ2) is 7.29. The Bertz CT molecular complexity index is 712. The number of anilines is 1. The van der Waals surface area contributed by atoms with Gasteiger partial charge in [-0.25, -0.2) is 0 Å². The minimum absolute atomic E-state index is 0.149. The third kappa shape index (κ3) is 4.01. The highest BCUT2D eigenvalue weighted by atomic mass is 16.5. The third-order valence-electron chi connectivity index (χ3n) is 4.28. The molecule has 0 saturated heterocycles. The zero-order valence-corrected chi connectivity index (χ0v) is 13.7. The van der Waals surface area contributed by atoms with Crippen molar-refractivity contribution in [3.63, 3.8) is 0 Å². The van der Waals surface area contributed by atoms with E-state index in [0.29, 0.717) is 11.4 Å². The number of nitrogens with one attached hydrogen (secondary N) is 1. The van der Waals surface area contributed by atoms with Crippen LogP contribution in [0.3, 0.4) is 0 Å². The van der Waals surface area contributed by atoms with Crippen LogP contribution >= 0.6 is 0 Å². The van der Waals surface area contributed by atoms with Crippen LogP contribution < -0.4 is 15.8 Å². The van der Waals surface area contributed by atoms with Crippen LogP contribution in [0.4, 0.5) is 5.69 Å². The molecule has 3 N–H and O–H groups in total. The van der Waals surface area contributed by atoms with E-state index >= 15 is 0 Å². The zero-order valence-electron chi connectivity index (χ0n) is 13.7. The lowest BCUT2D eigenvalue weighted by Gasteiger charge is -2.29. The summed E-state index contributed by atoms with van der Waals surface area (Å²) in [6, 6.07) is 7.24. The molecule has 1 fully saturated rings. The second-order valence-corrected chi connectivity index (χ2v) is 6.13. The van der Waals surface area contributed by atoms with E-state index in [1.54, 1.807) is 24.5 Å². The fourth-order valence-electron chi connectivity index (χ4n) is 2.93. The molecule has 2 aromatic heterocycles. The number of pyridine rings is 2. The van der Waals surface area contributed by atoms with E-state index in [4.69, 9.17) is 10.5 Å². The molecular formula is C18H22N4O2. The number of amides is 1. The maximum atomic E-state index is 12.2. The molecule has 24 heavy (non-hydrogen) atoms. The van der Waals surface area contributed by atoms with Gasteiger partial charge < -0.3 is 15.8 Å². The van der Waals surface area contributed by atoms with Crippen molar-refractivity contribution in [2.24, 2.45) is 0 Å². The van der Waals surface area contributed by atoms with Gasteiger partial charge in [0.15, 0.2) is 0 Å². The van der Waals surface area contributed by atoms with Gasteiger partial charge in [0.1, 0.15) is 11.4 Å². The van der Waals surface area contributed by atoms with Crippen LogP contribution in [0.2, 0.25) is 0 Å². The summed E-state index contributed by atoms with van der Waals surface area (Å²) < 4.78 is 6.04. The first-order valence-electron chi connectivity index (χ1n) is 8.22. The van der Waals surface area contributed by atoms with Crippen LogP contribution in [0.15, 0.2) is 36.7 Å². The van der Waals surface area contributed by atoms with Gasteiger partial charge >= 0.3 is 0 Å². The Morgan fingerprint density at radius 3 is 2.71 bits per heavy atom. The van der Waals surface area contributed by atoms with Crippen LogP contribution in [-0.4, -0.2) is 28.0 Å². The van der Waals surface area contributed by atoms with Crippen molar-refractivity contribution in [3.05, 3.63) is 48.0 Å². The molecule has 1 aliphatic rings. The summed E-state index contributed by atoms with van der Waals surface area (Å²) in [7, 11) is 0. The van der Waals surface area contributed by atoms with Crippen molar-refractivity contribution in [1.29, 1.82) is 0 Å². The molecule has 1 amide bonds. The van der Waals surface area contributed by atoms with Gasteiger partial charge in [-0.3, -0.25) is 14.8 Å². The predicted molar refractivity (Wildman–Crippen MR) is 91.8 cm³/mol. The summed E-state index contributed by atoms with van der Waals surface area (Å²) in [6.07, 6.45) is 7.07. The molecule has 0 aromatic carbocycles. The van der Waals surface area contributed by atoms with Crippen LogP contribution in [-0.2, 0) is 0 Å². The van der Waals surface area contributed by atoms with Crippen LogP contribution in [0, 0.1) is 6.92 Å². The van der Waals surface area contributed by atoms with Crippen LogP contribution in [0.25, 0.3) is 0 Å². The van der Waals surface area contributed by atoms with Gasteiger partial charge in [0.05, 0.1) is 11.8 Å². The van der Waals surface area contributed by atoms with Crippen molar-refractivity contribution in [3.8, 4) is 5.75 Å². The molecule has 0 radical (unpaired) electrons. The number of ether oxygens (including phenoxy) is 1. The standard InChI is InChI=1S/C18H22N4O2/c1-12-17(3-2-9-20-12)24-15-6-4-14(5-7-15)22-18(23)16-11-13(19)8-10-21-16/h2-3,8-11,14-15H,4-7H2,1H3,(H2,19,21)(H,22,23). The molecule has 0 bridgehead atoms. The van der Waals surface area contributed by atoms with Crippen molar-refractivity contribution in [2.45, 2.75) is 44.8 Å². The molecule has 1 aliphatic carbocycles. The van der Waals surface area contributed by atoms with Gasteiger partial charge in [-0.15, -0.1) is 0 Å². The molecule has 6 heteroatoms. The monoisotopic (exact) mass is 326 g/mol. The van der Waals surface area contributed by atoms with Crippen LogP contribution in [0.1, 0.15) is 41.9 Å². The molecule has 0 atom stereocenters. The van der Waals surface area contributed by atoms with Gasteiger partial charge in [0.25, 0.3) is 5.91 Å². The summed E-state index contributed by atoms with van der Waals surface area (Å²) in [5, 5.41) is 3.03. The first-order chi connectivity index (χ1) is 11.6. The lowest BCUT2D eigenvalue weighted by atomic mass is 9.92. The Morgan fingerprint density at radius 2 is 2.00 bits per heavy atom. The van der Waals surface area contributed by atoms with Gasteiger partial charge in [-0.05, 0) is 56.9 Å². The van der Waals surface area contributed by atoms with Gasteiger partial charge in [-0.2, -0.15) is 0 Å². The number of carbonyl (C=O) groups excluding carboxylic acids is 1. The van der Waals surface area contributed by atoms with Crippen molar-refractivity contribution in [2.75, 3.05) is 5.73 Å². The summed E-state index contributed by atoms with van der Waals surface area (Å²) in [4.78, 5) is 20.5. The minimum atomic E-state index is -0.172. The lowest BCUT2D eigenvalue weighted by Crippen LogP contribution is -2.40. The van der Waals surface area contributed by atoms with E-state index in [0.717, 1.165) is 37.1 Å². The highest BCUT2D eigenvalue weighted by Gasteiger charge is 2.24. The van der Waals surface area contributed by atoms with E-state index < -0.39 is 0 Å². The normalized spacial score (nSPS) is 20.4. The number of rotatable bonds is 4. The van der Waals surface area contributed by atoms with E-state index in [1.807, 2.05) is 19.1 Å². The van der Waals surface area contributed by atoms with Crippen molar-refractivity contribution in [1.82, 2.24) is 15.3 Å². The highest BCUT2D eigenvalue weighted by Crippen LogP contribution is 2.25. The molecule has 126 valence electrons. The quantitative estimate of drug-likeness (QED) is 0.901. The summed E-state index contributed by atoms with van der Waals surface area (Å²) in [5.41, 5.74) is 7.50. The summed E-state index contributed by atoms with van der Waals surface area (Å²) >= 11 is 0. The van der Waals surface area contributed by atoms with E-state index in [9.17, 15) is 4.79 Å². The smallest absolute Gasteiger partial charge is 0.270 e. The molecule has 0 unspecified atom stereocenters. The van der Waals surface area contributed by atoms with Gasteiger partial charge in [0.2, 0.25) is 0 Å². The minimum Gasteiger partial charge on any atom is -0.489 e. The number of carbonyl (C=O) groups is 1. The Kier molecular flexibility index (Phi) is 4.93. The Morgan fingerprint density at radius 1 is 1.21 bits per heavy atom. The Hall–Kier alpha value is -2.63. The number of hydrogen-bond donors (Lipinski definition) is 2. The molecule has 0 spiro atoms. The summed E-state index contributed by atoms with van der Waals surface area (Å²) in [6.45, 7) is 1.94. The first kappa shape index (κ1) is 16.2. The SMILES string of the molecule is Cc1ncccc1OC1CCC(NC(=O)c2cc(N)ccn2)CC1. The van der Waals surface area contributed by atoms with E-state index in [-0.39, 0.29) is 18.1 Å². The second-order valence-electron chi connectivity index (χ2n) is 6.13. The number of nitrogens with two attached hydrogens (primary N) is 1. The molecule has 6 nitrogen and oxygen atoms in total. The predicted octanol–water partition coefficient (Wildman–Crippen LogP) is 2.49. The number of nitrogens with zero attached hydrogens (tertiary/aromatic N) is 2. The van der Waals surface area contributed by atoms with Gasteiger partial charge in [0, 0.05) is 24.1 Å². The third-order valence-corrected chi connectivity index (χ3v) is 4.28. The highest BCUT2D eigenvalue weighted by molar-refractivity contribution is 5.93. The zero-order chi connectivity index (χ0) is 16.9. The number of nitrogen functional groups attached to an aromatic ring is 1. The average Bonchev–Trinajstić information content (AvgIpc) is 2.58. The molecule has 1 saturated carbocycles. The number of aromatic nitrogens is 2. The van der Waals surface area contributed by atoms with E-state index in [1.165, 1.54) is 0 Å². The fraction of sp³-hybridized carbons (Fsp3) is 0.389. The molecular weight excluding hydrogens is 304 g/mol. The lowest BCUT2D eigenvalue weighted by molar-refractivity contribution is 0.0888. The number of aryl methyl sites for hydroxylation is 1. The van der Waals surface area contributed by atoms with Crippen molar-refractivity contribution >= 4 is 11.6 Å². The van der Waals surface area contributed by atoms with E-state index in [2.05, 4.69) is 15.3 Å². The molecule has 3 rings (SSSR count). The van der Waals surface area contributed by atoms with Gasteiger partial charge in [-0.1, -0.05) is 0 Å². The maximum Gasteiger partial charge on any atom is 0.270 e. The maximum absolute atomic E-state index is 12.2. The molecule has 2 heterocycles. The first-order valence-corrected chi connectivity index (χ1v) is 8.22. The summed E-state index contributed by atoms with van der Waals surface area (Å²) in [5.74, 6) is 0.670. The largest absolute Gasteiger partial charge is 0.489 e. The number of hydrogen-bond acceptors (Lipinski definition) is 5. The molecule has 0 aliphatic heterocycles.